The Bertz CT molecular complexity index is 1030. The monoisotopic (exact) mass is 341 g/mol. The first-order valence-electron chi connectivity index (χ1n) is 7.58. The van der Waals surface area contributed by atoms with Crippen molar-refractivity contribution in [2.45, 2.75) is 25.7 Å². The lowest BCUT2D eigenvalue weighted by atomic mass is 10.1. The third-order valence-corrected chi connectivity index (χ3v) is 5.32. The topological polar surface area (TPSA) is 74.3 Å². The SMILES string of the molecule is Cc1ccc(S(=O)(=O)N/N=C/c2c(C)[nH]c3ccccc23)cc1C. The van der Waals surface area contributed by atoms with Gasteiger partial charge in [-0.1, -0.05) is 24.3 Å². The zero-order valence-corrected chi connectivity index (χ0v) is 14.6. The first kappa shape index (κ1) is 16.3. The third-order valence-electron chi connectivity index (χ3n) is 4.10. The molecule has 1 heterocycles. The van der Waals surface area contributed by atoms with Gasteiger partial charge in [0.25, 0.3) is 10.0 Å². The van der Waals surface area contributed by atoms with E-state index in [2.05, 4.69) is 14.9 Å². The average molecular weight is 341 g/mol. The van der Waals surface area contributed by atoms with E-state index in [1.165, 1.54) is 6.21 Å². The molecule has 124 valence electrons. The minimum absolute atomic E-state index is 0.207. The van der Waals surface area contributed by atoms with E-state index in [-0.39, 0.29) is 4.90 Å². The number of para-hydroxylation sites is 1. The number of sulfonamides is 1. The average Bonchev–Trinajstić information content (AvgIpc) is 2.86. The molecule has 0 aliphatic carbocycles. The van der Waals surface area contributed by atoms with Crippen LogP contribution >= 0.6 is 0 Å². The van der Waals surface area contributed by atoms with Gasteiger partial charge in [-0.25, -0.2) is 4.83 Å². The van der Waals surface area contributed by atoms with Crippen LogP contribution in [0.1, 0.15) is 22.4 Å². The number of rotatable bonds is 4. The zero-order chi connectivity index (χ0) is 17.3. The van der Waals surface area contributed by atoms with Gasteiger partial charge in [-0.2, -0.15) is 13.5 Å². The molecule has 0 amide bonds. The number of fused-ring (bicyclic) bond motifs is 1. The van der Waals surface area contributed by atoms with E-state index >= 15 is 0 Å². The Labute approximate surface area is 141 Å². The van der Waals surface area contributed by atoms with Crippen molar-refractivity contribution in [3.63, 3.8) is 0 Å². The van der Waals surface area contributed by atoms with Gasteiger partial charge < -0.3 is 4.98 Å². The fourth-order valence-electron chi connectivity index (χ4n) is 2.56. The number of benzene rings is 2. The van der Waals surface area contributed by atoms with Crippen LogP contribution in [-0.4, -0.2) is 19.6 Å². The summed E-state index contributed by atoms with van der Waals surface area (Å²) in [6.07, 6.45) is 1.53. The summed E-state index contributed by atoms with van der Waals surface area (Å²) in [7, 11) is -3.68. The Kier molecular flexibility index (Phi) is 4.15. The molecule has 5 nitrogen and oxygen atoms in total. The highest BCUT2D eigenvalue weighted by Gasteiger charge is 2.13. The van der Waals surface area contributed by atoms with E-state index in [0.717, 1.165) is 33.3 Å². The highest BCUT2D eigenvalue weighted by molar-refractivity contribution is 7.89. The minimum Gasteiger partial charge on any atom is -0.358 e. The summed E-state index contributed by atoms with van der Waals surface area (Å²) in [4.78, 5) is 5.74. The lowest BCUT2D eigenvalue weighted by molar-refractivity contribution is 0.584. The first-order valence-corrected chi connectivity index (χ1v) is 9.06. The van der Waals surface area contributed by atoms with Gasteiger partial charge in [-0.3, -0.25) is 0 Å². The molecule has 2 N–H and O–H groups in total. The molecule has 0 saturated heterocycles. The smallest absolute Gasteiger partial charge is 0.276 e. The molecular weight excluding hydrogens is 322 g/mol. The number of aromatic amines is 1. The summed E-state index contributed by atoms with van der Waals surface area (Å²) in [6, 6.07) is 12.8. The van der Waals surface area contributed by atoms with Crippen LogP contribution in [0.3, 0.4) is 0 Å². The predicted molar refractivity (Wildman–Crippen MR) is 96.9 cm³/mol. The van der Waals surface area contributed by atoms with Crippen molar-refractivity contribution in [1.82, 2.24) is 9.82 Å². The standard InChI is InChI=1S/C18H19N3O2S/c1-12-8-9-15(10-13(12)2)24(22,23)21-19-11-17-14(3)20-18-7-5-4-6-16(17)18/h4-11,20-21H,1-3H3/b19-11+. The summed E-state index contributed by atoms with van der Waals surface area (Å²) >= 11 is 0. The minimum atomic E-state index is -3.68. The van der Waals surface area contributed by atoms with Gasteiger partial charge in [0.05, 0.1) is 11.1 Å². The number of aromatic nitrogens is 1. The Morgan fingerprint density at radius 2 is 1.79 bits per heavy atom. The number of hydrogen-bond donors (Lipinski definition) is 2. The fraction of sp³-hybridized carbons (Fsp3) is 0.167. The number of aryl methyl sites for hydroxylation is 3. The van der Waals surface area contributed by atoms with Crippen molar-refractivity contribution >= 4 is 27.1 Å². The van der Waals surface area contributed by atoms with Gasteiger partial charge in [-0.05, 0) is 50.1 Å². The van der Waals surface area contributed by atoms with Gasteiger partial charge in [0.2, 0.25) is 0 Å². The molecule has 1 aromatic heterocycles. The maximum Gasteiger partial charge on any atom is 0.276 e. The molecule has 2 aromatic carbocycles. The van der Waals surface area contributed by atoms with Gasteiger partial charge in [-0.15, -0.1) is 0 Å². The molecule has 6 heteroatoms. The lowest BCUT2D eigenvalue weighted by Crippen LogP contribution is -2.18. The van der Waals surface area contributed by atoms with Crippen molar-refractivity contribution in [3.8, 4) is 0 Å². The third kappa shape index (κ3) is 3.05. The summed E-state index contributed by atoms with van der Waals surface area (Å²) in [5.41, 5.74) is 4.77. The van der Waals surface area contributed by atoms with Crippen molar-refractivity contribution in [3.05, 3.63) is 64.8 Å². The van der Waals surface area contributed by atoms with E-state index < -0.39 is 10.0 Å². The molecule has 3 rings (SSSR count). The molecule has 0 unspecified atom stereocenters. The van der Waals surface area contributed by atoms with Crippen molar-refractivity contribution in [2.24, 2.45) is 5.10 Å². The second-order valence-corrected chi connectivity index (χ2v) is 7.47. The summed E-state index contributed by atoms with van der Waals surface area (Å²) in [6.45, 7) is 5.75. The number of hydrazone groups is 1. The molecule has 0 atom stereocenters. The largest absolute Gasteiger partial charge is 0.358 e. The van der Waals surface area contributed by atoms with E-state index in [9.17, 15) is 8.42 Å². The molecule has 24 heavy (non-hydrogen) atoms. The molecule has 3 aromatic rings. The van der Waals surface area contributed by atoms with Crippen LogP contribution in [0.4, 0.5) is 0 Å². The van der Waals surface area contributed by atoms with Crippen LogP contribution in [-0.2, 0) is 10.0 Å². The van der Waals surface area contributed by atoms with Crippen molar-refractivity contribution < 1.29 is 8.42 Å². The van der Waals surface area contributed by atoms with Gasteiger partial charge in [0, 0.05) is 22.2 Å². The zero-order valence-electron chi connectivity index (χ0n) is 13.8. The Hall–Kier alpha value is -2.60. The molecular formula is C18H19N3O2S. The van der Waals surface area contributed by atoms with Crippen LogP contribution in [0.2, 0.25) is 0 Å². The molecule has 0 aliphatic rings. The van der Waals surface area contributed by atoms with E-state index in [1.807, 2.05) is 45.0 Å². The second-order valence-electron chi connectivity index (χ2n) is 5.81. The molecule has 0 aliphatic heterocycles. The Morgan fingerprint density at radius 3 is 2.54 bits per heavy atom. The number of nitrogens with one attached hydrogen (secondary N) is 2. The van der Waals surface area contributed by atoms with Gasteiger partial charge >= 0.3 is 0 Å². The van der Waals surface area contributed by atoms with E-state index in [0.29, 0.717) is 0 Å². The summed E-state index contributed by atoms with van der Waals surface area (Å²) < 4.78 is 24.7. The van der Waals surface area contributed by atoms with E-state index in [1.54, 1.807) is 18.2 Å². The predicted octanol–water partition coefficient (Wildman–Crippen LogP) is 3.41. The first-order chi connectivity index (χ1) is 11.4. The van der Waals surface area contributed by atoms with Crippen molar-refractivity contribution in [2.75, 3.05) is 0 Å². The Morgan fingerprint density at radius 1 is 1.04 bits per heavy atom. The normalized spacial score (nSPS) is 12.1. The van der Waals surface area contributed by atoms with Crippen LogP contribution in [0, 0.1) is 20.8 Å². The molecule has 0 radical (unpaired) electrons. The highest BCUT2D eigenvalue weighted by atomic mass is 32.2. The lowest BCUT2D eigenvalue weighted by Gasteiger charge is -2.06. The number of H-pyrrole nitrogens is 1. The van der Waals surface area contributed by atoms with Crippen molar-refractivity contribution in [1.29, 1.82) is 0 Å². The van der Waals surface area contributed by atoms with Crippen LogP contribution in [0.5, 0.6) is 0 Å². The molecule has 0 bridgehead atoms. The molecule has 0 fully saturated rings. The maximum absolute atomic E-state index is 12.3. The summed E-state index contributed by atoms with van der Waals surface area (Å²) in [5.74, 6) is 0. The Balaban J connectivity index is 1.87. The summed E-state index contributed by atoms with van der Waals surface area (Å²) in [5, 5.41) is 4.95. The van der Waals surface area contributed by atoms with Crippen LogP contribution in [0.15, 0.2) is 52.5 Å². The molecule has 0 saturated carbocycles. The van der Waals surface area contributed by atoms with Gasteiger partial charge in [0.15, 0.2) is 0 Å². The number of nitrogens with zero attached hydrogens (tertiary/aromatic N) is 1. The quantitative estimate of drug-likeness (QED) is 0.564. The maximum atomic E-state index is 12.3. The fourth-order valence-corrected chi connectivity index (χ4v) is 3.43. The number of hydrogen-bond acceptors (Lipinski definition) is 3. The molecule has 0 spiro atoms. The second kappa shape index (κ2) is 6.13. The highest BCUT2D eigenvalue weighted by Crippen LogP contribution is 2.20. The van der Waals surface area contributed by atoms with Crippen LogP contribution in [0.25, 0.3) is 10.9 Å². The van der Waals surface area contributed by atoms with Crippen LogP contribution < -0.4 is 4.83 Å². The van der Waals surface area contributed by atoms with Gasteiger partial charge in [0.1, 0.15) is 0 Å². The van der Waals surface area contributed by atoms with E-state index in [4.69, 9.17) is 0 Å².